The van der Waals surface area contributed by atoms with Crippen molar-refractivity contribution in [2.24, 2.45) is 0 Å². The van der Waals surface area contributed by atoms with Crippen LogP contribution >= 0.6 is 0 Å². The third-order valence-electron chi connectivity index (χ3n) is 2.56. The molecule has 4 heteroatoms. The number of hydrogen-bond acceptors (Lipinski definition) is 4. The minimum atomic E-state index is -0.465. The van der Waals surface area contributed by atoms with Gasteiger partial charge in [-0.15, -0.1) is 0 Å². The highest BCUT2D eigenvalue weighted by Crippen LogP contribution is 2.29. The molecule has 0 saturated carbocycles. The highest BCUT2D eigenvalue weighted by molar-refractivity contribution is 5.92. The second-order valence-corrected chi connectivity index (χ2v) is 4.09. The van der Waals surface area contributed by atoms with Gasteiger partial charge in [0.05, 0.1) is 7.11 Å². The van der Waals surface area contributed by atoms with Gasteiger partial charge in [-0.05, 0) is 36.8 Å². The number of aryl methyl sites for hydroxylation is 1. The van der Waals surface area contributed by atoms with E-state index < -0.39 is 5.97 Å². The maximum Gasteiger partial charge on any atom is 0.341 e. The van der Waals surface area contributed by atoms with Crippen molar-refractivity contribution in [3.8, 4) is 17.2 Å². The van der Waals surface area contributed by atoms with E-state index in [0.717, 1.165) is 5.56 Å². The van der Waals surface area contributed by atoms with Gasteiger partial charge in [-0.25, -0.2) is 4.79 Å². The number of phenolic OH excluding ortho intramolecular Hbond substituents is 1. The molecule has 0 spiro atoms. The molecular weight excluding hydrogens is 244 g/mol. The van der Waals surface area contributed by atoms with Gasteiger partial charge in [-0.2, -0.15) is 0 Å². The molecule has 0 saturated heterocycles. The molecule has 2 aromatic carbocycles. The first kappa shape index (κ1) is 13.0. The summed E-state index contributed by atoms with van der Waals surface area (Å²) < 4.78 is 10.3. The fourth-order valence-electron chi connectivity index (χ4n) is 1.75. The molecule has 0 aliphatic rings. The third-order valence-corrected chi connectivity index (χ3v) is 2.56. The molecule has 0 radical (unpaired) electrons. The van der Waals surface area contributed by atoms with Crippen molar-refractivity contribution in [1.82, 2.24) is 0 Å². The van der Waals surface area contributed by atoms with Crippen molar-refractivity contribution in [3.63, 3.8) is 0 Å². The monoisotopic (exact) mass is 258 g/mol. The first-order valence-electron chi connectivity index (χ1n) is 5.76. The lowest BCUT2D eigenvalue weighted by Crippen LogP contribution is -2.03. The van der Waals surface area contributed by atoms with Crippen LogP contribution < -0.4 is 4.74 Å². The van der Waals surface area contributed by atoms with E-state index >= 15 is 0 Å². The van der Waals surface area contributed by atoms with E-state index in [9.17, 15) is 9.90 Å². The van der Waals surface area contributed by atoms with E-state index in [1.165, 1.54) is 13.2 Å². The van der Waals surface area contributed by atoms with E-state index in [2.05, 4.69) is 0 Å². The Balaban J connectivity index is 2.35. The fraction of sp³-hybridized carbons (Fsp3) is 0.133. The number of para-hydroxylation sites is 1. The smallest absolute Gasteiger partial charge is 0.341 e. The minimum Gasteiger partial charge on any atom is -0.508 e. The molecule has 4 nitrogen and oxygen atoms in total. The van der Waals surface area contributed by atoms with Crippen LogP contribution in [0.25, 0.3) is 0 Å². The molecule has 0 heterocycles. The van der Waals surface area contributed by atoms with Crippen molar-refractivity contribution >= 4 is 5.97 Å². The van der Waals surface area contributed by atoms with E-state index in [1.54, 1.807) is 36.4 Å². The SMILES string of the molecule is COC(=O)c1ccccc1Oc1cc(C)cc(O)c1. The molecule has 2 rings (SSSR count). The standard InChI is InChI=1S/C15H14O4/c1-10-7-11(16)9-12(8-10)19-14-6-4-3-5-13(14)15(17)18-2/h3-9,16H,1-2H3. The molecule has 0 bridgehead atoms. The van der Waals surface area contributed by atoms with Crippen LogP contribution in [0.2, 0.25) is 0 Å². The quantitative estimate of drug-likeness (QED) is 0.858. The Hall–Kier alpha value is -2.49. The van der Waals surface area contributed by atoms with Gasteiger partial charge in [0.2, 0.25) is 0 Å². The molecule has 2 aromatic rings. The zero-order valence-electron chi connectivity index (χ0n) is 10.7. The molecule has 0 amide bonds. The molecule has 0 unspecified atom stereocenters. The van der Waals surface area contributed by atoms with E-state index in [1.807, 2.05) is 6.92 Å². The van der Waals surface area contributed by atoms with Crippen LogP contribution in [0.1, 0.15) is 15.9 Å². The lowest BCUT2D eigenvalue weighted by molar-refractivity contribution is 0.0598. The first-order valence-corrected chi connectivity index (χ1v) is 5.76. The number of phenols is 1. The number of carbonyl (C=O) groups excluding carboxylic acids is 1. The van der Waals surface area contributed by atoms with Crippen LogP contribution in [-0.2, 0) is 4.74 Å². The number of ether oxygens (including phenoxy) is 2. The first-order chi connectivity index (χ1) is 9.10. The Morgan fingerprint density at radius 1 is 1.16 bits per heavy atom. The average molecular weight is 258 g/mol. The van der Waals surface area contributed by atoms with Crippen molar-refractivity contribution < 1.29 is 19.4 Å². The van der Waals surface area contributed by atoms with Gasteiger partial charge in [-0.1, -0.05) is 12.1 Å². The zero-order valence-corrected chi connectivity index (χ0v) is 10.7. The summed E-state index contributed by atoms with van der Waals surface area (Å²) in [6, 6.07) is 11.7. The summed E-state index contributed by atoms with van der Waals surface area (Å²) in [5.74, 6) is 0.506. The number of methoxy groups -OCH3 is 1. The van der Waals surface area contributed by atoms with Crippen molar-refractivity contribution in [1.29, 1.82) is 0 Å². The largest absolute Gasteiger partial charge is 0.508 e. The molecule has 19 heavy (non-hydrogen) atoms. The van der Waals surface area contributed by atoms with Gasteiger partial charge in [0.25, 0.3) is 0 Å². The zero-order chi connectivity index (χ0) is 13.8. The van der Waals surface area contributed by atoms with E-state index in [4.69, 9.17) is 9.47 Å². The number of hydrogen-bond donors (Lipinski definition) is 1. The second kappa shape index (κ2) is 5.44. The summed E-state index contributed by atoms with van der Waals surface area (Å²) >= 11 is 0. The Morgan fingerprint density at radius 3 is 2.58 bits per heavy atom. The number of benzene rings is 2. The van der Waals surface area contributed by atoms with Crippen LogP contribution in [0.4, 0.5) is 0 Å². The summed E-state index contributed by atoms with van der Waals surface area (Å²) in [5, 5.41) is 9.52. The summed E-state index contributed by atoms with van der Waals surface area (Å²) in [6.45, 7) is 1.85. The molecular formula is C15H14O4. The van der Waals surface area contributed by atoms with E-state index in [-0.39, 0.29) is 5.75 Å². The predicted octanol–water partition coefficient (Wildman–Crippen LogP) is 3.28. The Bertz CT molecular complexity index is 585. The number of rotatable bonds is 3. The van der Waals surface area contributed by atoms with Crippen molar-refractivity contribution in [2.45, 2.75) is 6.92 Å². The summed E-state index contributed by atoms with van der Waals surface area (Å²) in [7, 11) is 1.32. The molecule has 1 N–H and O–H groups in total. The predicted molar refractivity (Wildman–Crippen MR) is 70.7 cm³/mol. The van der Waals surface area contributed by atoms with Gasteiger partial charge in [-0.3, -0.25) is 0 Å². The maximum atomic E-state index is 11.6. The van der Waals surface area contributed by atoms with Gasteiger partial charge in [0.1, 0.15) is 22.8 Å². The lowest BCUT2D eigenvalue weighted by Gasteiger charge is -2.10. The van der Waals surface area contributed by atoms with Crippen molar-refractivity contribution in [3.05, 3.63) is 53.6 Å². The average Bonchev–Trinajstić information content (AvgIpc) is 2.37. The van der Waals surface area contributed by atoms with Crippen molar-refractivity contribution in [2.75, 3.05) is 7.11 Å². The Kier molecular flexibility index (Phi) is 3.71. The highest BCUT2D eigenvalue weighted by Gasteiger charge is 2.13. The van der Waals surface area contributed by atoms with Gasteiger partial charge >= 0.3 is 5.97 Å². The number of aromatic hydroxyl groups is 1. The molecule has 0 aliphatic carbocycles. The molecule has 0 fully saturated rings. The van der Waals surface area contributed by atoms with E-state index in [0.29, 0.717) is 17.1 Å². The Morgan fingerprint density at radius 2 is 1.89 bits per heavy atom. The van der Waals surface area contributed by atoms with Gasteiger partial charge < -0.3 is 14.6 Å². The maximum absolute atomic E-state index is 11.6. The topological polar surface area (TPSA) is 55.8 Å². The third kappa shape index (κ3) is 3.04. The Labute approximate surface area is 111 Å². The summed E-state index contributed by atoms with van der Waals surface area (Å²) in [5.41, 5.74) is 1.21. The lowest BCUT2D eigenvalue weighted by atomic mass is 10.2. The molecule has 98 valence electrons. The normalized spacial score (nSPS) is 10.0. The van der Waals surface area contributed by atoms with Gasteiger partial charge in [0.15, 0.2) is 0 Å². The fourth-order valence-corrected chi connectivity index (χ4v) is 1.75. The number of carbonyl (C=O) groups is 1. The van der Waals surface area contributed by atoms with Crippen LogP contribution in [0.15, 0.2) is 42.5 Å². The second-order valence-electron chi connectivity index (χ2n) is 4.09. The summed E-state index contributed by atoms with van der Waals surface area (Å²) in [6.07, 6.45) is 0. The molecule has 0 aromatic heterocycles. The minimum absolute atomic E-state index is 0.116. The summed E-state index contributed by atoms with van der Waals surface area (Å²) in [4.78, 5) is 11.6. The molecule has 0 atom stereocenters. The number of esters is 1. The van der Waals surface area contributed by atoms with Crippen LogP contribution in [0.5, 0.6) is 17.2 Å². The van der Waals surface area contributed by atoms with Gasteiger partial charge in [0, 0.05) is 6.07 Å². The van der Waals surface area contributed by atoms with Crippen LogP contribution in [-0.4, -0.2) is 18.2 Å². The molecule has 0 aliphatic heterocycles. The highest BCUT2D eigenvalue weighted by atomic mass is 16.5. The van der Waals surface area contributed by atoms with Crippen LogP contribution in [0, 0.1) is 6.92 Å². The van der Waals surface area contributed by atoms with Crippen LogP contribution in [0.3, 0.4) is 0 Å².